The molecule has 2 atom stereocenters. The van der Waals surface area contributed by atoms with Crippen molar-refractivity contribution in [3.05, 3.63) is 72.1 Å². The van der Waals surface area contributed by atoms with Crippen molar-refractivity contribution in [2.24, 2.45) is 0 Å². The van der Waals surface area contributed by atoms with E-state index in [0.29, 0.717) is 26.1 Å². The third-order valence-corrected chi connectivity index (χ3v) is 5.64. The van der Waals surface area contributed by atoms with Crippen LogP contribution in [0.5, 0.6) is 5.75 Å². The van der Waals surface area contributed by atoms with Crippen molar-refractivity contribution in [2.75, 3.05) is 19.7 Å². The lowest BCUT2D eigenvalue weighted by atomic mass is 10.1. The normalized spacial score (nSPS) is 17.3. The molecule has 1 amide bonds. The van der Waals surface area contributed by atoms with Gasteiger partial charge in [-0.1, -0.05) is 24.3 Å². The fourth-order valence-electron chi connectivity index (χ4n) is 4.35. The second kappa shape index (κ2) is 8.94. The van der Waals surface area contributed by atoms with Crippen LogP contribution >= 0.6 is 0 Å². The first-order valence-electron chi connectivity index (χ1n) is 10.7. The smallest absolute Gasteiger partial charge is 0.223 e. The van der Waals surface area contributed by atoms with Crippen molar-refractivity contribution in [1.82, 2.24) is 14.5 Å². The first kappa shape index (κ1) is 21.1. The molecule has 0 unspecified atom stereocenters. The highest BCUT2D eigenvalue weighted by Gasteiger charge is 2.33. The summed E-state index contributed by atoms with van der Waals surface area (Å²) in [5.74, 6) is 1.70. The number of aliphatic hydroxyl groups excluding tert-OH is 1. The number of para-hydroxylation sites is 2. The van der Waals surface area contributed by atoms with Crippen LogP contribution in [0.4, 0.5) is 0 Å². The Bertz CT molecular complexity index is 1080. The van der Waals surface area contributed by atoms with Crippen LogP contribution in [-0.4, -0.2) is 51.3 Å². The monoisotopic (exact) mass is 419 g/mol. The van der Waals surface area contributed by atoms with E-state index >= 15 is 0 Å². The summed E-state index contributed by atoms with van der Waals surface area (Å²) < 4.78 is 7.91. The summed E-state index contributed by atoms with van der Waals surface area (Å²) in [7, 11) is 0. The summed E-state index contributed by atoms with van der Waals surface area (Å²) in [6.45, 7) is 9.49. The summed E-state index contributed by atoms with van der Waals surface area (Å²) in [6, 6.07) is 13.9. The van der Waals surface area contributed by atoms with Crippen LogP contribution in [0.25, 0.3) is 11.0 Å². The molecule has 3 aromatic rings. The fourth-order valence-corrected chi connectivity index (χ4v) is 4.35. The Kier molecular flexibility index (Phi) is 6.09. The van der Waals surface area contributed by atoms with Crippen LogP contribution < -0.4 is 4.74 Å². The van der Waals surface area contributed by atoms with Gasteiger partial charge in [-0.15, -0.1) is 6.58 Å². The van der Waals surface area contributed by atoms with Crippen molar-refractivity contribution in [3.63, 3.8) is 0 Å². The summed E-state index contributed by atoms with van der Waals surface area (Å²) >= 11 is 0. The number of aliphatic hydroxyl groups is 1. The number of ether oxygens (including phenoxy) is 1. The van der Waals surface area contributed by atoms with E-state index in [1.807, 2.05) is 54.8 Å². The molecule has 0 aliphatic carbocycles. The molecule has 2 heterocycles. The SMILES string of the molecule is C=CCN1C[C@@H](c2nc3ccccc3n2C[C@@H](O)COc2cc(C)cc(C)c2)CC1=O. The molecule has 1 fully saturated rings. The van der Waals surface area contributed by atoms with Crippen LogP contribution in [0.2, 0.25) is 0 Å². The van der Waals surface area contributed by atoms with Crippen molar-refractivity contribution >= 4 is 16.9 Å². The Morgan fingerprint density at radius 1 is 1.26 bits per heavy atom. The van der Waals surface area contributed by atoms with Crippen LogP contribution in [0.3, 0.4) is 0 Å². The maximum atomic E-state index is 12.4. The van der Waals surface area contributed by atoms with Gasteiger partial charge in [0.25, 0.3) is 0 Å². The van der Waals surface area contributed by atoms with Gasteiger partial charge in [-0.25, -0.2) is 4.98 Å². The van der Waals surface area contributed by atoms with E-state index in [4.69, 9.17) is 9.72 Å². The lowest BCUT2D eigenvalue weighted by molar-refractivity contribution is -0.127. The van der Waals surface area contributed by atoms with Gasteiger partial charge in [0.2, 0.25) is 5.91 Å². The summed E-state index contributed by atoms with van der Waals surface area (Å²) in [4.78, 5) is 19.0. The number of hydrogen-bond acceptors (Lipinski definition) is 4. The molecule has 0 saturated carbocycles. The van der Waals surface area contributed by atoms with E-state index in [2.05, 4.69) is 12.6 Å². The Morgan fingerprint density at radius 3 is 2.74 bits per heavy atom. The zero-order chi connectivity index (χ0) is 22.0. The summed E-state index contributed by atoms with van der Waals surface area (Å²) in [6.07, 6.45) is 1.46. The number of hydrogen-bond donors (Lipinski definition) is 1. The topological polar surface area (TPSA) is 67.6 Å². The average molecular weight is 420 g/mol. The lowest BCUT2D eigenvalue weighted by Gasteiger charge is -2.18. The number of benzene rings is 2. The molecule has 162 valence electrons. The Labute approximate surface area is 182 Å². The quantitative estimate of drug-likeness (QED) is 0.567. The molecule has 4 rings (SSSR count). The fraction of sp³-hybridized carbons (Fsp3) is 0.360. The van der Waals surface area contributed by atoms with Crippen molar-refractivity contribution < 1.29 is 14.6 Å². The van der Waals surface area contributed by atoms with Crippen molar-refractivity contribution in [2.45, 2.75) is 38.8 Å². The number of amides is 1. The number of aromatic nitrogens is 2. The molecule has 6 nitrogen and oxygen atoms in total. The molecule has 0 spiro atoms. The van der Waals surface area contributed by atoms with Crippen LogP contribution in [0, 0.1) is 13.8 Å². The maximum Gasteiger partial charge on any atom is 0.223 e. The van der Waals surface area contributed by atoms with Gasteiger partial charge in [-0.05, 0) is 49.2 Å². The van der Waals surface area contributed by atoms with E-state index in [1.165, 1.54) is 0 Å². The van der Waals surface area contributed by atoms with E-state index in [0.717, 1.165) is 33.7 Å². The largest absolute Gasteiger partial charge is 0.491 e. The summed E-state index contributed by atoms with van der Waals surface area (Å²) in [5.41, 5.74) is 4.08. The molecule has 2 aromatic carbocycles. The van der Waals surface area contributed by atoms with E-state index in [9.17, 15) is 9.90 Å². The number of fused-ring (bicyclic) bond motifs is 1. The minimum Gasteiger partial charge on any atom is -0.491 e. The molecule has 1 saturated heterocycles. The molecule has 1 N–H and O–H groups in total. The second-order valence-electron chi connectivity index (χ2n) is 8.35. The average Bonchev–Trinajstić information content (AvgIpc) is 3.27. The molecule has 1 aliphatic heterocycles. The predicted molar refractivity (Wildman–Crippen MR) is 121 cm³/mol. The van der Waals surface area contributed by atoms with Gasteiger partial charge in [0.1, 0.15) is 24.3 Å². The van der Waals surface area contributed by atoms with Gasteiger partial charge >= 0.3 is 0 Å². The standard InChI is InChI=1S/C25H29N3O3/c1-4-9-27-14-19(13-24(27)30)25-26-22-7-5-6-8-23(22)28(25)15-20(29)16-31-21-11-17(2)10-18(3)12-21/h4-8,10-12,19-20,29H,1,9,13-16H2,2-3H3/t19-,20+/m0/s1. The Morgan fingerprint density at radius 2 is 2.00 bits per heavy atom. The van der Waals surface area contributed by atoms with Gasteiger partial charge in [-0.3, -0.25) is 4.79 Å². The molecular formula is C25H29N3O3. The van der Waals surface area contributed by atoms with Crippen LogP contribution in [0.1, 0.15) is 29.3 Å². The third-order valence-electron chi connectivity index (χ3n) is 5.64. The summed E-state index contributed by atoms with van der Waals surface area (Å²) in [5, 5.41) is 10.8. The van der Waals surface area contributed by atoms with E-state index in [-0.39, 0.29) is 18.4 Å². The number of aryl methyl sites for hydroxylation is 2. The van der Waals surface area contributed by atoms with Crippen molar-refractivity contribution in [1.29, 1.82) is 0 Å². The second-order valence-corrected chi connectivity index (χ2v) is 8.35. The lowest BCUT2D eigenvalue weighted by Crippen LogP contribution is -2.26. The maximum absolute atomic E-state index is 12.4. The molecule has 0 bridgehead atoms. The Hall–Kier alpha value is -3.12. The van der Waals surface area contributed by atoms with Crippen molar-refractivity contribution in [3.8, 4) is 5.75 Å². The Balaban J connectivity index is 1.54. The zero-order valence-corrected chi connectivity index (χ0v) is 18.1. The minimum atomic E-state index is -0.710. The van der Waals surface area contributed by atoms with Gasteiger partial charge in [-0.2, -0.15) is 0 Å². The van der Waals surface area contributed by atoms with E-state index < -0.39 is 6.10 Å². The molecular weight excluding hydrogens is 390 g/mol. The number of carbonyl (C=O) groups excluding carboxylic acids is 1. The highest BCUT2D eigenvalue weighted by molar-refractivity contribution is 5.81. The number of rotatable bonds is 8. The van der Waals surface area contributed by atoms with Gasteiger partial charge in [0.05, 0.1) is 17.6 Å². The number of nitrogens with zero attached hydrogens (tertiary/aromatic N) is 3. The minimum absolute atomic E-state index is 0.00705. The van der Waals surface area contributed by atoms with Gasteiger partial charge < -0.3 is 19.3 Å². The number of carbonyl (C=O) groups is 1. The van der Waals surface area contributed by atoms with Gasteiger partial charge in [0, 0.05) is 25.4 Å². The molecule has 1 aliphatic rings. The first-order chi connectivity index (χ1) is 14.9. The van der Waals surface area contributed by atoms with Gasteiger partial charge in [0.15, 0.2) is 0 Å². The predicted octanol–water partition coefficient (Wildman–Crippen LogP) is 3.59. The molecule has 1 aromatic heterocycles. The molecule has 6 heteroatoms. The van der Waals surface area contributed by atoms with E-state index in [1.54, 1.807) is 11.0 Å². The molecule has 0 radical (unpaired) electrons. The first-order valence-corrected chi connectivity index (χ1v) is 10.7. The number of likely N-dealkylation sites (tertiary alicyclic amines) is 1. The van der Waals surface area contributed by atoms with Crippen LogP contribution in [-0.2, 0) is 11.3 Å². The zero-order valence-electron chi connectivity index (χ0n) is 18.1. The molecule has 31 heavy (non-hydrogen) atoms. The highest BCUT2D eigenvalue weighted by atomic mass is 16.5. The van der Waals surface area contributed by atoms with Crippen LogP contribution in [0.15, 0.2) is 55.1 Å². The number of imidazole rings is 1. The highest BCUT2D eigenvalue weighted by Crippen LogP contribution is 2.30. The third kappa shape index (κ3) is 4.64.